The van der Waals surface area contributed by atoms with E-state index in [0.29, 0.717) is 13.2 Å². The topological polar surface area (TPSA) is 95.9 Å². The van der Waals surface area contributed by atoms with Gasteiger partial charge in [0, 0.05) is 26.7 Å². The maximum absolute atomic E-state index is 11.5. The number of carboxylic acid groups (broad SMARTS) is 1. The van der Waals surface area contributed by atoms with E-state index >= 15 is 0 Å². The van der Waals surface area contributed by atoms with Crippen LogP contribution in [0.1, 0.15) is 13.3 Å². The molecule has 0 unspecified atom stereocenters. The third-order valence-corrected chi connectivity index (χ3v) is 3.36. The van der Waals surface area contributed by atoms with E-state index in [9.17, 15) is 13.2 Å². The molecular weight excluding hydrogens is 236 g/mol. The second kappa shape index (κ2) is 7.55. The van der Waals surface area contributed by atoms with Crippen molar-refractivity contribution in [2.24, 2.45) is 0 Å². The highest BCUT2D eigenvalue weighted by Gasteiger charge is 2.17. The Morgan fingerprint density at radius 2 is 2.12 bits per heavy atom. The zero-order chi connectivity index (χ0) is 12.6. The lowest BCUT2D eigenvalue weighted by Gasteiger charge is -2.16. The van der Waals surface area contributed by atoms with Crippen LogP contribution in [-0.2, 0) is 19.7 Å². The number of nitrogens with one attached hydrogen (secondary N) is 1. The molecule has 0 radical (unpaired) electrons. The van der Waals surface area contributed by atoms with E-state index in [0.717, 1.165) is 4.31 Å². The molecule has 0 heterocycles. The summed E-state index contributed by atoms with van der Waals surface area (Å²) in [4.78, 5) is 10.3. The molecule has 0 aromatic carbocycles. The van der Waals surface area contributed by atoms with Crippen molar-refractivity contribution < 1.29 is 23.1 Å². The van der Waals surface area contributed by atoms with Crippen molar-refractivity contribution in [2.45, 2.75) is 13.3 Å². The summed E-state index contributed by atoms with van der Waals surface area (Å²) in [6, 6.07) is 0. The fraction of sp³-hybridized carbons (Fsp3) is 0.875. The van der Waals surface area contributed by atoms with E-state index in [2.05, 4.69) is 4.72 Å². The molecule has 0 fully saturated rings. The zero-order valence-electron chi connectivity index (χ0n) is 9.47. The normalized spacial score (nSPS) is 11.9. The Kier molecular flexibility index (Phi) is 7.22. The lowest BCUT2D eigenvalue weighted by Crippen LogP contribution is -2.40. The monoisotopic (exact) mass is 254 g/mol. The predicted molar refractivity (Wildman–Crippen MR) is 58.3 cm³/mol. The van der Waals surface area contributed by atoms with E-state index in [-0.39, 0.29) is 19.5 Å². The van der Waals surface area contributed by atoms with Crippen LogP contribution in [0.15, 0.2) is 0 Å². The number of rotatable bonds is 9. The molecule has 0 spiro atoms. The maximum atomic E-state index is 11.5. The van der Waals surface area contributed by atoms with Crippen LogP contribution >= 0.6 is 0 Å². The van der Waals surface area contributed by atoms with Gasteiger partial charge in [-0.25, -0.2) is 0 Å². The zero-order valence-corrected chi connectivity index (χ0v) is 10.3. The van der Waals surface area contributed by atoms with Gasteiger partial charge in [0.15, 0.2) is 0 Å². The highest BCUT2D eigenvalue weighted by atomic mass is 32.2. The lowest BCUT2D eigenvalue weighted by atomic mass is 10.4. The average Bonchev–Trinajstić information content (AvgIpc) is 2.20. The molecule has 0 atom stereocenters. The maximum Gasteiger partial charge on any atom is 0.304 e. The minimum atomic E-state index is -3.60. The number of hydrogen-bond donors (Lipinski definition) is 2. The van der Waals surface area contributed by atoms with Crippen molar-refractivity contribution in [1.82, 2.24) is 9.03 Å². The summed E-state index contributed by atoms with van der Waals surface area (Å²) in [5, 5.41) is 8.41. The minimum Gasteiger partial charge on any atom is -0.481 e. The molecule has 16 heavy (non-hydrogen) atoms. The number of carboxylic acids is 1. The Labute approximate surface area is 95.6 Å². The van der Waals surface area contributed by atoms with Gasteiger partial charge in [-0.2, -0.15) is 17.4 Å². The summed E-state index contributed by atoms with van der Waals surface area (Å²) < 4.78 is 31.2. The van der Waals surface area contributed by atoms with Gasteiger partial charge < -0.3 is 9.84 Å². The molecule has 96 valence electrons. The summed E-state index contributed by atoms with van der Waals surface area (Å²) in [5.74, 6) is -1.03. The number of hydrogen-bond acceptors (Lipinski definition) is 4. The second-order valence-corrected chi connectivity index (χ2v) is 4.92. The summed E-state index contributed by atoms with van der Waals surface area (Å²) >= 11 is 0. The van der Waals surface area contributed by atoms with Crippen molar-refractivity contribution in [3.63, 3.8) is 0 Å². The molecule has 0 aromatic rings. The van der Waals surface area contributed by atoms with Crippen molar-refractivity contribution in [3.05, 3.63) is 0 Å². The molecule has 0 rings (SSSR count). The molecule has 0 saturated carbocycles. The quantitative estimate of drug-likeness (QED) is 0.528. The number of ether oxygens (including phenoxy) is 1. The summed E-state index contributed by atoms with van der Waals surface area (Å²) in [7, 11) is -2.27. The summed E-state index contributed by atoms with van der Waals surface area (Å²) in [5.41, 5.74) is 0. The van der Waals surface area contributed by atoms with Gasteiger partial charge in [0.25, 0.3) is 10.2 Å². The third kappa shape index (κ3) is 6.72. The van der Waals surface area contributed by atoms with Crippen LogP contribution in [0.2, 0.25) is 0 Å². The van der Waals surface area contributed by atoms with Crippen LogP contribution in [0.4, 0.5) is 0 Å². The van der Waals surface area contributed by atoms with Crippen molar-refractivity contribution >= 4 is 16.2 Å². The van der Waals surface area contributed by atoms with E-state index in [1.54, 1.807) is 0 Å². The first kappa shape index (κ1) is 15.3. The summed E-state index contributed by atoms with van der Waals surface area (Å²) in [6.07, 6.45) is -0.219. The SMILES string of the molecule is CCOCCNS(=O)(=O)N(C)CCC(=O)O. The largest absolute Gasteiger partial charge is 0.481 e. The molecule has 0 aliphatic carbocycles. The lowest BCUT2D eigenvalue weighted by molar-refractivity contribution is -0.137. The van der Waals surface area contributed by atoms with Crippen LogP contribution in [0.25, 0.3) is 0 Å². The van der Waals surface area contributed by atoms with Gasteiger partial charge in [0.1, 0.15) is 0 Å². The Hall–Kier alpha value is -0.700. The van der Waals surface area contributed by atoms with Gasteiger partial charge in [-0.3, -0.25) is 4.79 Å². The Balaban J connectivity index is 3.96. The molecule has 8 heteroatoms. The van der Waals surface area contributed by atoms with Crippen molar-refractivity contribution in [2.75, 3.05) is 33.4 Å². The molecule has 0 aromatic heterocycles. The van der Waals surface area contributed by atoms with Crippen LogP contribution < -0.4 is 4.72 Å². The van der Waals surface area contributed by atoms with E-state index in [4.69, 9.17) is 9.84 Å². The molecule has 7 nitrogen and oxygen atoms in total. The van der Waals surface area contributed by atoms with Crippen molar-refractivity contribution in [3.8, 4) is 0 Å². The van der Waals surface area contributed by atoms with Crippen LogP contribution in [0.3, 0.4) is 0 Å². The predicted octanol–water partition coefficient (Wildman–Crippen LogP) is -0.736. The number of carbonyl (C=O) groups is 1. The molecule has 0 aliphatic heterocycles. The first-order chi connectivity index (χ1) is 7.40. The fourth-order valence-corrected chi connectivity index (χ4v) is 1.76. The highest BCUT2D eigenvalue weighted by molar-refractivity contribution is 7.87. The summed E-state index contributed by atoms with van der Waals surface area (Å²) in [6.45, 7) is 2.75. The van der Waals surface area contributed by atoms with E-state index in [1.807, 2.05) is 6.92 Å². The Morgan fingerprint density at radius 3 is 2.62 bits per heavy atom. The van der Waals surface area contributed by atoms with Crippen molar-refractivity contribution in [1.29, 1.82) is 0 Å². The minimum absolute atomic E-state index is 0.0562. The van der Waals surface area contributed by atoms with Crippen LogP contribution in [0.5, 0.6) is 0 Å². The van der Waals surface area contributed by atoms with Gasteiger partial charge in [-0.1, -0.05) is 0 Å². The van der Waals surface area contributed by atoms with Gasteiger partial charge >= 0.3 is 5.97 Å². The van der Waals surface area contributed by atoms with E-state index in [1.165, 1.54) is 7.05 Å². The molecule has 0 amide bonds. The Morgan fingerprint density at radius 1 is 1.50 bits per heavy atom. The fourth-order valence-electron chi connectivity index (χ4n) is 0.871. The van der Waals surface area contributed by atoms with Gasteiger partial charge in [-0.05, 0) is 6.92 Å². The molecule has 0 bridgehead atoms. The first-order valence-electron chi connectivity index (χ1n) is 4.90. The molecule has 0 aliphatic rings. The second-order valence-electron chi connectivity index (χ2n) is 3.06. The van der Waals surface area contributed by atoms with Crippen LogP contribution in [0, 0.1) is 0 Å². The van der Waals surface area contributed by atoms with Gasteiger partial charge in [0.2, 0.25) is 0 Å². The third-order valence-electron chi connectivity index (χ3n) is 1.79. The van der Waals surface area contributed by atoms with E-state index < -0.39 is 16.2 Å². The highest BCUT2D eigenvalue weighted by Crippen LogP contribution is 1.95. The first-order valence-corrected chi connectivity index (χ1v) is 6.34. The standard InChI is InChI=1S/C8H18N2O5S/c1-3-15-7-5-9-16(13,14)10(2)6-4-8(11)12/h9H,3-7H2,1-2H3,(H,11,12). The van der Waals surface area contributed by atoms with Gasteiger partial charge in [0.05, 0.1) is 13.0 Å². The van der Waals surface area contributed by atoms with Gasteiger partial charge in [-0.15, -0.1) is 0 Å². The van der Waals surface area contributed by atoms with Crippen LogP contribution in [-0.4, -0.2) is 57.1 Å². The Bertz CT molecular complexity index is 304. The molecular formula is C8H18N2O5S. The number of aliphatic carboxylic acids is 1. The average molecular weight is 254 g/mol. The number of nitrogens with zero attached hydrogens (tertiary/aromatic N) is 1. The molecule has 0 saturated heterocycles. The molecule has 2 N–H and O–H groups in total. The smallest absolute Gasteiger partial charge is 0.304 e.